The van der Waals surface area contributed by atoms with E-state index in [4.69, 9.17) is 18.9 Å². The van der Waals surface area contributed by atoms with Crippen molar-refractivity contribution in [3.8, 4) is 22.6 Å². The second kappa shape index (κ2) is 9.61. The highest BCUT2D eigenvalue weighted by molar-refractivity contribution is 5.86. The van der Waals surface area contributed by atoms with Gasteiger partial charge in [0.1, 0.15) is 36.9 Å². The molecular weight excluding hydrogens is 472 g/mol. The third kappa shape index (κ3) is 4.09. The van der Waals surface area contributed by atoms with E-state index in [0.29, 0.717) is 13.2 Å². The summed E-state index contributed by atoms with van der Waals surface area (Å²) in [6, 6.07) is 33.2. The number of rotatable bonds is 10. The van der Waals surface area contributed by atoms with Gasteiger partial charge in [-0.2, -0.15) is 0 Å². The van der Waals surface area contributed by atoms with E-state index < -0.39 is 5.41 Å². The highest BCUT2D eigenvalue weighted by Crippen LogP contribution is 2.56. The average molecular weight is 505 g/mol. The molecule has 192 valence electrons. The van der Waals surface area contributed by atoms with E-state index in [0.717, 1.165) is 37.6 Å². The summed E-state index contributed by atoms with van der Waals surface area (Å²) < 4.78 is 22.9. The van der Waals surface area contributed by atoms with E-state index in [2.05, 4.69) is 97.9 Å². The molecule has 0 N–H and O–H groups in total. The van der Waals surface area contributed by atoms with E-state index in [1.165, 1.54) is 38.9 Å². The van der Waals surface area contributed by atoms with Crippen molar-refractivity contribution >= 4 is 0 Å². The van der Waals surface area contributed by atoms with Gasteiger partial charge in [-0.25, -0.2) is 0 Å². The molecule has 4 aromatic carbocycles. The lowest BCUT2D eigenvalue weighted by atomic mass is 9.67. The topological polar surface area (TPSA) is 43.5 Å². The first-order valence-electron chi connectivity index (χ1n) is 13.7. The molecule has 0 amide bonds. The first-order chi connectivity index (χ1) is 18.8. The van der Waals surface area contributed by atoms with Crippen LogP contribution < -0.4 is 9.47 Å². The fraction of sp³-hybridized carbons (Fsp3) is 0.294. The van der Waals surface area contributed by atoms with Crippen LogP contribution in [-0.2, 0) is 21.3 Å². The molecule has 0 saturated carbocycles. The third-order valence-electron chi connectivity index (χ3n) is 7.92. The van der Waals surface area contributed by atoms with Gasteiger partial charge in [0.25, 0.3) is 0 Å². The molecule has 0 spiro atoms. The van der Waals surface area contributed by atoms with Gasteiger partial charge >= 0.3 is 0 Å². The molecule has 7 rings (SSSR count). The minimum Gasteiger partial charge on any atom is -0.491 e. The van der Waals surface area contributed by atoms with Crippen LogP contribution >= 0.6 is 0 Å². The smallest absolute Gasteiger partial charge is 0.122 e. The summed E-state index contributed by atoms with van der Waals surface area (Å²) in [5.41, 5.74) is 8.49. The van der Waals surface area contributed by atoms with Crippen LogP contribution in [0.3, 0.4) is 0 Å². The lowest BCUT2D eigenvalue weighted by molar-refractivity contribution is 0.261. The van der Waals surface area contributed by atoms with Crippen LogP contribution in [0.5, 0.6) is 11.5 Å². The summed E-state index contributed by atoms with van der Waals surface area (Å²) in [7, 11) is 0. The summed E-state index contributed by atoms with van der Waals surface area (Å²) >= 11 is 0. The van der Waals surface area contributed by atoms with Crippen molar-refractivity contribution in [3.05, 3.63) is 119 Å². The van der Waals surface area contributed by atoms with Gasteiger partial charge in [-0.1, -0.05) is 86.1 Å². The molecule has 2 atom stereocenters. The maximum absolute atomic E-state index is 6.22. The SMILES string of the molecule is CCCc1cc(C2(c3ccc(OCC4CO4)cc3)c3ccccc3-c3ccccc32)ccc1OCC1CO1. The maximum atomic E-state index is 6.22. The molecule has 2 fully saturated rings. The zero-order valence-corrected chi connectivity index (χ0v) is 21.7. The van der Waals surface area contributed by atoms with E-state index in [-0.39, 0.29) is 12.2 Å². The van der Waals surface area contributed by atoms with Crippen LogP contribution in [-0.4, -0.2) is 38.6 Å². The Labute approximate surface area is 224 Å². The van der Waals surface area contributed by atoms with Crippen molar-refractivity contribution in [2.45, 2.75) is 37.4 Å². The molecule has 2 heterocycles. The first-order valence-corrected chi connectivity index (χ1v) is 13.7. The van der Waals surface area contributed by atoms with Crippen molar-refractivity contribution in [1.82, 2.24) is 0 Å². The number of hydrogen-bond acceptors (Lipinski definition) is 4. The van der Waals surface area contributed by atoms with Crippen LogP contribution in [0.2, 0.25) is 0 Å². The molecule has 0 aromatic heterocycles. The molecule has 3 aliphatic rings. The molecule has 4 heteroatoms. The largest absolute Gasteiger partial charge is 0.491 e. The van der Waals surface area contributed by atoms with E-state index in [9.17, 15) is 0 Å². The monoisotopic (exact) mass is 504 g/mol. The predicted molar refractivity (Wildman–Crippen MR) is 148 cm³/mol. The summed E-state index contributed by atoms with van der Waals surface area (Å²) in [6.45, 7) is 5.03. The Morgan fingerprint density at radius 1 is 0.711 bits per heavy atom. The molecule has 2 aliphatic heterocycles. The fourth-order valence-electron chi connectivity index (χ4n) is 5.94. The second-order valence-electron chi connectivity index (χ2n) is 10.5. The van der Waals surface area contributed by atoms with E-state index in [1.807, 2.05) is 0 Å². The van der Waals surface area contributed by atoms with Gasteiger partial charge in [0.05, 0.1) is 18.6 Å². The molecule has 4 aromatic rings. The van der Waals surface area contributed by atoms with Crippen LogP contribution in [0, 0.1) is 0 Å². The van der Waals surface area contributed by atoms with Crippen LogP contribution in [0.15, 0.2) is 91.0 Å². The maximum Gasteiger partial charge on any atom is 0.122 e. The number of ether oxygens (including phenoxy) is 4. The third-order valence-corrected chi connectivity index (χ3v) is 7.92. The molecule has 0 radical (unpaired) electrons. The van der Waals surface area contributed by atoms with Gasteiger partial charge in [0.2, 0.25) is 0 Å². The molecular formula is C34H32O4. The van der Waals surface area contributed by atoms with Crippen LogP contribution in [0.1, 0.15) is 41.2 Å². The lowest BCUT2D eigenvalue weighted by Gasteiger charge is -2.34. The van der Waals surface area contributed by atoms with Crippen LogP contribution in [0.25, 0.3) is 11.1 Å². The highest BCUT2D eigenvalue weighted by atomic mass is 16.6. The number of hydrogen-bond donors (Lipinski definition) is 0. The van der Waals surface area contributed by atoms with E-state index in [1.54, 1.807) is 0 Å². The Morgan fingerprint density at radius 2 is 1.29 bits per heavy atom. The summed E-state index contributed by atoms with van der Waals surface area (Å²) in [6.07, 6.45) is 2.48. The Kier molecular flexibility index (Phi) is 5.95. The molecule has 2 saturated heterocycles. The van der Waals surface area contributed by atoms with Gasteiger partial charge in [-0.15, -0.1) is 0 Å². The second-order valence-corrected chi connectivity index (χ2v) is 10.5. The Balaban J connectivity index is 1.39. The number of epoxide rings is 2. The van der Waals surface area contributed by atoms with Crippen molar-refractivity contribution in [1.29, 1.82) is 0 Å². The van der Waals surface area contributed by atoms with Crippen molar-refractivity contribution in [3.63, 3.8) is 0 Å². The quantitative estimate of drug-likeness (QED) is 0.202. The fourth-order valence-corrected chi connectivity index (χ4v) is 5.94. The summed E-state index contributed by atoms with van der Waals surface area (Å²) in [4.78, 5) is 0. The average Bonchev–Trinajstić information content (AvgIpc) is 3.90. The number of fused-ring (bicyclic) bond motifs is 3. The van der Waals surface area contributed by atoms with Gasteiger partial charge in [-0.05, 0) is 63.6 Å². The van der Waals surface area contributed by atoms with Gasteiger partial charge in [-0.3, -0.25) is 0 Å². The predicted octanol–water partition coefficient (Wildman–Crippen LogP) is 6.56. The lowest BCUT2D eigenvalue weighted by Crippen LogP contribution is -2.28. The zero-order valence-electron chi connectivity index (χ0n) is 21.7. The first kappa shape index (κ1) is 23.5. The normalized spacial score (nSPS) is 19.9. The minimum atomic E-state index is -0.439. The van der Waals surface area contributed by atoms with Crippen molar-refractivity contribution in [2.75, 3.05) is 26.4 Å². The Hall–Kier alpha value is -3.60. The zero-order chi connectivity index (χ0) is 25.5. The summed E-state index contributed by atoms with van der Waals surface area (Å²) in [5.74, 6) is 1.84. The van der Waals surface area contributed by atoms with Gasteiger partial charge < -0.3 is 18.9 Å². The molecule has 1 aliphatic carbocycles. The minimum absolute atomic E-state index is 0.233. The van der Waals surface area contributed by atoms with Crippen LogP contribution in [0.4, 0.5) is 0 Å². The van der Waals surface area contributed by atoms with Crippen molar-refractivity contribution in [2.24, 2.45) is 0 Å². The Bertz CT molecular complexity index is 1400. The van der Waals surface area contributed by atoms with Crippen molar-refractivity contribution < 1.29 is 18.9 Å². The standard InChI is InChI=1S/C34H32O4/c1-2-7-23-18-25(14-17-33(23)38-22-28-21-37-28)34(24-12-15-26(16-13-24)35-19-27-20-36-27)31-10-5-3-8-29(31)30-9-4-6-11-32(30)34/h3-6,8-18,27-28H,2,7,19-22H2,1H3. The number of aryl methyl sites for hydroxylation is 1. The number of benzene rings is 4. The molecule has 0 bridgehead atoms. The summed E-state index contributed by atoms with van der Waals surface area (Å²) in [5, 5.41) is 0. The molecule has 2 unspecified atom stereocenters. The van der Waals surface area contributed by atoms with E-state index >= 15 is 0 Å². The van der Waals surface area contributed by atoms with Gasteiger partial charge in [0, 0.05) is 0 Å². The Morgan fingerprint density at radius 3 is 1.89 bits per heavy atom. The molecule has 38 heavy (non-hydrogen) atoms. The molecule has 4 nitrogen and oxygen atoms in total. The van der Waals surface area contributed by atoms with Gasteiger partial charge in [0.15, 0.2) is 0 Å². The highest BCUT2D eigenvalue weighted by Gasteiger charge is 2.46.